The summed E-state index contributed by atoms with van der Waals surface area (Å²) in [5, 5.41) is 17.3. The standard InChI is InChI=1S/C19H18N6O4/c1-12-19(27)21-15-9-13(7-8-16(15)29-12)20-18(26)10-25-23-17(22-24-25)11-28-14-5-3-2-4-6-14/h2-9,12H,10-11H2,1H3,(H,20,26)(H,21,27)/t12-/m0/s1. The highest BCUT2D eigenvalue weighted by Crippen LogP contribution is 2.32. The van der Waals surface area contributed by atoms with Gasteiger partial charge in [0, 0.05) is 5.69 Å². The van der Waals surface area contributed by atoms with E-state index in [2.05, 4.69) is 26.0 Å². The molecule has 10 nitrogen and oxygen atoms in total. The fraction of sp³-hybridized carbons (Fsp3) is 0.211. The van der Waals surface area contributed by atoms with Crippen LogP contribution in [0.4, 0.5) is 11.4 Å². The van der Waals surface area contributed by atoms with Crippen LogP contribution < -0.4 is 20.1 Å². The predicted octanol–water partition coefficient (Wildman–Crippen LogP) is 1.61. The molecule has 0 aliphatic carbocycles. The zero-order valence-corrected chi connectivity index (χ0v) is 15.5. The van der Waals surface area contributed by atoms with Gasteiger partial charge in [-0.1, -0.05) is 18.2 Å². The SMILES string of the molecule is C[C@@H]1Oc2ccc(NC(=O)Cn3nnc(COc4ccccc4)n3)cc2NC1=O. The molecule has 1 aliphatic rings. The van der Waals surface area contributed by atoms with Gasteiger partial charge in [-0.05, 0) is 42.5 Å². The lowest BCUT2D eigenvalue weighted by Crippen LogP contribution is -2.34. The van der Waals surface area contributed by atoms with Crippen molar-refractivity contribution in [2.24, 2.45) is 0 Å². The average molecular weight is 394 g/mol. The number of aromatic nitrogens is 4. The molecule has 2 N–H and O–H groups in total. The van der Waals surface area contributed by atoms with Gasteiger partial charge >= 0.3 is 0 Å². The van der Waals surface area contributed by atoms with Crippen molar-refractivity contribution in [1.29, 1.82) is 0 Å². The molecular formula is C19H18N6O4. The van der Waals surface area contributed by atoms with E-state index in [9.17, 15) is 9.59 Å². The van der Waals surface area contributed by atoms with Gasteiger partial charge in [-0.15, -0.1) is 10.2 Å². The average Bonchev–Trinajstić information content (AvgIpc) is 3.15. The summed E-state index contributed by atoms with van der Waals surface area (Å²) in [5.41, 5.74) is 1.02. The van der Waals surface area contributed by atoms with Gasteiger partial charge in [0.05, 0.1) is 5.69 Å². The third-order valence-corrected chi connectivity index (χ3v) is 4.08. The first kappa shape index (κ1) is 18.4. The number of carbonyl (C=O) groups is 2. The summed E-state index contributed by atoms with van der Waals surface area (Å²) < 4.78 is 11.0. The molecular weight excluding hydrogens is 376 g/mol. The van der Waals surface area contributed by atoms with E-state index in [1.807, 2.05) is 30.3 Å². The van der Waals surface area contributed by atoms with Gasteiger partial charge in [0.15, 0.2) is 12.7 Å². The van der Waals surface area contributed by atoms with E-state index >= 15 is 0 Å². The Hall–Kier alpha value is -3.95. The number of anilines is 2. The highest BCUT2D eigenvalue weighted by atomic mass is 16.5. The zero-order valence-electron chi connectivity index (χ0n) is 15.5. The Kier molecular flexibility index (Phi) is 5.06. The molecule has 0 radical (unpaired) electrons. The molecule has 2 amide bonds. The smallest absolute Gasteiger partial charge is 0.265 e. The van der Waals surface area contributed by atoms with Crippen molar-refractivity contribution >= 4 is 23.2 Å². The van der Waals surface area contributed by atoms with Crippen molar-refractivity contribution in [3.63, 3.8) is 0 Å². The first-order valence-electron chi connectivity index (χ1n) is 8.93. The summed E-state index contributed by atoms with van der Waals surface area (Å²) in [6, 6.07) is 14.3. The monoisotopic (exact) mass is 394 g/mol. The van der Waals surface area contributed by atoms with Crippen molar-refractivity contribution in [3.8, 4) is 11.5 Å². The van der Waals surface area contributed by atoms with E-state index in [-0.39, 0.29) is 25.0 Å². The Morgan fingerprint density at radius 2 is 2.10 bits per heavy atom. The summed E-state index contributed by atoms with van der Waals surface area (Å²) in [4.78, 5) is 25.2. The zero-order chi connectivity index (χ0) is 20.2. The summed E-state index contributed by atoms with van der Waals surface area (Å²) in [6.07, 6.45) is -0.554. The highest BCUT2D eigenvalue weighted by molar-refractivity contribution is 5.99. The largest absolute Gasteiger partial charge is 0.485 e. The number of nitrogens with zero attached hydrogens (tertiary/aromatic N) is 4. The number of tetrazole rings is 1. The number of para-hydroxylation sites is 1. The lowest BCUT2D eigenvalue weighted by Gasteiger charge is -2.23. The van der Waals surface area contributed by atoms with Crippen LogP contribution in [0, 0.1) is 0 Å². The number of benzene rings is 2. The number of ether oxygens (including phenoxy) is 2. The Balaban J connectivity index is 1.33. The van der Waals surface area contributed by atoms with Crippen LogP contribution >= 0.6 is 0 Å². The topological polar surface area (TPSA) is 120 Å². The number of fused-ring (bicyclic) bond motifs is 1. The Labute approximate surface area is 165 Å². The first-order valence-corrected chi connectivity index (χ1v) is 8.93. The van der Waals surface area contributed by atoms with Crippen LogP contribution in [-0.2, 0) is 22.7 Å². The Bertz CT molecular complexity index is 1040. The second kappa shape index (κ2) is 7.97. The van der Waals surface area contributed by atoms with E-state index < -0.39 is 6.10 Å². The lowest BCUT2D eigenvalue weighted by molar-refractivity contribution is -0.122. The predicted molar refractivity (Wildman–Crippen MR) is 102 cm³/mol. The van der Waals surface area contributed by atoms with Crippen LogP contribution in [0.1, 0.15) is 12.7 Å². The van der Waals surface area contributed by atoms with Gasteiger partial charge < -0.3 is 20.1 Å². The number of carbonyl (C=O) groups excluding carboxylic acids is 2. The van der Waals surface area contributed by atoms with Crippen molar-refractivity contribution in [2.45, 2.75) is 26.2 Å². The summed E-state index contributed by atoms with van der Waals surface area (Å²) in [5.74, 6) is 1.03. The van der Waals surface area contributed by atoms with Crippen LogP contribution in [-0.4, -0.2) is 38.1 Å². The van der Waals surface area contributed by atoms with Crippen molar-refractivity contribution in [2.75, 3.05) is 10.6 Å². The van der Waals surface area contributed by atoms with Crippen LogP contribution in [0.5, 0.6) is 11.5 Å². The fourth-order valence-electron chi connectivity index (χ4n) is 2.68. The molecule has 2 heterocycles. The van der Waals surface area contributed by atoms with E-state index in [0.717, 1.165) is 0 Å². The van der Waals surface area contributed by atoms with Crippen LogP contribution in [0.2, 0.25) is 0 Å². The normalized spacial score (nSPS) is 15.1. The van der Waals surface area contributed by atoms with Crippen LogP contribution in [0.25, 0.3) is 0 Å². The maximum atomic E-state index is 12.3. The number of nitrogens with one attached hydrogen (secondary N) is 2. The molecule has 148 valence electrons. The van der Waals surface area contributed by atoms with Gasteiger partial charge in [-0.3, -0.25) is 9.59 Å². The molecule has 0 spiro atoms. The maximum Gasteiger partial charge on any atom is 0.265 e. The number of amides is 2. The van der Waals surface area contributed by atoms with Gasteiger partial charge in [0.1, 0.15) is 18.0 Å². The lowest BCUT2D eigenvalue weighted by atomic mass is 10.2. The molecule has 0 unspecified atom stereocenters. The molecule has 1 aliphatic heterocycles. The van der Waals surface area contributed by atoms with Crippen molar-refractivity contribution < 1.29 is 19.1 Å². The van der Waals surface area contributed by atoms with Crippen molar-refractivity contribution in [3.05, 3.63) is 54.4 Å². The van der Waals surface area contributed by atoms with Crippen molar-refractivity contribution in [1.82, 2.24) is 20.2 Å². The molecule has 0 saturated heterocycles. The molecule has 3 aromatic rings. The van der Waals surface area contributed by atoms with E-state index in [1.54, 1.807) is 25.1 Å². The summed E-state index contributed by atoms with van der Waals surface area (Å²) in [7, 11) is 0. The molecule has 0 saturated carbocycles. The third-order valence-electron chi connectivity index (χ3n) is 4.08. The second-order valence-electron chi connectivity index (χ2n) is 6.35. The van der Waals surface area contributed by atoms with Gasteiger partial charge in [-0.2, -0.15) is 4.80 Å². The molecule has 10 heteroatoms. The van der Waals surface area contributed by atoms with Gasteiger partial charge in [0.2, 0.25) is 11.7 Å². The molecule has 0 bridgehead atoms. The molecule has 4 rings (SSSR count). The molecule has 29 heavy (non-hydrogen) atoms. The summed E-state index contributed by atoms with van der Waals surface area (Å²) in [6.45, 7) is 1.70. The van der Waals surface area contributed by atoms with Crippen LogP contribution in [0.15, 0.2) is 48.5 Å². The molecule has 2 aromatic carbocycles. The Morgan fingerprint density at radius 1 is 1.28 bits per heavy atom. The maximum absolute atomic E-state index is 12.3. The van der Waals surface area contributed by atoms with E-state index in [1.165, 1.54) is 4.80 Å². The minimum absolute atomic E-state index is 0.116. The quantitative estimate of drug-likeness (QED) is 0.652. The fourth-order valence-corrected chi connectivity index (χ4v) is 2.68. The number of hydrogen-bond donors (Lipinski definition) is 2. The number of hydrogen-bond acceptors (Lipinski definition) is 7. The van der Waals surface area contributed by atoms with E-state index in [4.69, 9.17) is 9.47 Å². The molecule has 1 atom stereocenters. The number of rotatable bonds is 6. The highest BCUT2D eigenvalue weighted by Gasteiger charge is 2.23. The molecule has 1 aromatic heterocycles. The molecule has 0 fully saturated rings. The third kappa shape index (κ3) is 4.49. The minimum atomic E-state index is -0.554. The summed E-state index contributed by atoms with van der Waals surface area (Å²) >= 11 is 0. The van der Waals surface area contributed by atoms with Gasteiger partial charge in [-0.25, -0.2) is 0 Å². The first-order chi connectivity index (χ1) is 14.1. The van der Waals surface area contributed by atoms with E-state index in [0.29, 0.717) is 28.7 Å². The minimum Gasteiger partial charge on any atom is -0.485 e. The van der Waals surface area contributed by atoms with Gasteiger partial charge in [0.25, 0.3) is 5.91 Å². The van der Waals surface area contributed by atoms with Crippen LogP contribution in [0.3, 0.4) is 0 Å². The second-order valence-corrected chi connectivity index (χ2v) is 6.35. The Morgan fingerprint density at radius 3 is 2.93 bits per heavy atom.